The second-order valence-corrected chi connectivity index (χ2v) is 0.440. The maximum atomic E-state index is 8.81. The summed E-state index contributed by atoms with van der Waals surface area (Å²) in [5.41, 5.74) is 0. The molecule has 0 fully saturated rings. The van der Waals surface area contributed by atoms with Gasteiger partial charge in [-0.05, 0) is 0 Å². The summed E-state index contributed by atoms with van der Waals surface area (Å²) in [6.07, 6.45) is 0. The Morgan fingerprint density at radius 3 is 1.50 bits per heavy atom. The Bertz CT molecular complexity index is 31.8. The third kappa shape index (κ3) is 54.4. The van der Waals surface area contributed by atoms with Crippen molar-refractivity contribution in [2.24, 2.45) is 0 Å². The SMILES string of the molecule is CC.C[N+](=O)[O-]. The third-order valence-electron chi connectivity index (χ3n) is 0. The molecule has 0 aliphatic carbocycles. The Labute approximate surface area is 37.1 Å². The van der Waals surface area contributed by atoms with Crippen LogP contribution >= 0.6 is 0 Å². The van der Waals surface area contributed by atoms with E-state index in [4.69, 9.17) is 10.1 Å². The second-order valence-electron chi connectivity index (χ2n) is 0.440. The predicted molar refractivity (Wildman–Crippen MR) is 24.3 cm³/mol. The van der Waals surface area contributed by atoms with Gasteiger partial charge in [-0.3, -0.25) is 10.1 Å². The second kappa shape index (κ2) is 8.83. The van der Waals surface area contributed by atoms with Gasteiger partial charge in [0, 0.05) is 4.92 Å². The first-order valence-electron chi connectivity index (χ1n) is 1.81. The lowest BCUT2D eigenvalue weighted by atomic mass is 11.0. The highest BCUT2D eigenvalue weighted by molar-refractivity contribution is 3.91. The highest BCUT2D eigenvalue weighted by Gasteiger charge is 1.57. The Hall–Kier alpha value is -0.600. The zero-order valence-electron chi connectivity index (χ0n) is 4.26. The van der Waals surface area contributed by atoms with Crippen molar-refractivity contribution in [1.29, 1.82) is 0 Å². The summed E-state index contributed by atoms with van der Waals surface area (Å²) in [4.78, 5) is 8.31. The summed E-state index contributed by atoms with van der Waals surface area (Å²) >= 11 is 0. The van der Waals surface area contributed by atoms with Crippen molar-refractivity contribution in [1.82, 2.24) is 0 Å². The van der Waals surface area contributed by atoms with E-state index in [0.717, 1.165) is 7.05 Å². The molecule has 0 unspecified atom stereocenters. The lowest BCUT2D eigenvalue weighted by Crippen LogP contribution is -1.79. The first-order chi connectivity index (χ1) is 2.73. The van der Waals surface area contributed by atoms with E-state index in [-0.39, 0.29) is 0 Å². The molecule has 0 atom stereocenters. The van der Waals surface area contributed by atoms with Crippen molar-refractivity contribution >= 4 is 0 Å². The van der Waals surface area contributed by atoms with Crippen molar-refractivity contribution < 1.29 is 4.92 Å². The number of hydrogen-bond acceptors (Lipinski definition) is 2. The van der Waals surface area contributed by atoms with E-state index < -0.39 is 4.92 Å². The lowest BCUT2D eigenvalue weighted by Gasteiger charge is -1.63. The van der Waals surface area contributed by atoms with Gasteiger partial charge in [0.15, 0.2) is 7.05 Å². The zero-order valence-corrected chi connectivity index (χ0v) is 4.26. The van der Waals surface area contributed by atoms with E-state index in [1.807, 2.05) is 13.8 Å². The van der Waals surface area contributed by atoms with Gasteiger partial charge < -0.3 is 0 Å². The molecule has 0 saturated carbocycles. The van der Waals surface area contributed by atoms with Gasteiger partial charge in [-0.15, -0.1) is 0 Å². The van der Waals surface area contributed by atoms with Crippen molar-refractivity contribution in [3.63, 3.8) is 0 Å². The molecule has 3 nitrogen and oxygen atoms in total. The number of nitrogens with zero attached hydrogens (tertiary/aromatic N) is 1. The van der Waals surface area contributed by atoms with Gasteiger partial charge in [0.25, 0.3) is 0 Å². The highest BCUT2D eigenvalue weighted by Crippen LogP contribution is 1.39. The Morgan fingerprint density at radius 2 is 1.50 bits per heavy atom. The van der Waals surface area contributed by atoms with Crippen molar-refractivity contribution in [2.45, 2.75) is 13.8 Å². The fourth-order valence-electron chi connectivity index (χ4n) is 0. The van der Waals surface area contributed by atoms with Gasteiger partial charge in [0.2, 0.25) is 0 Å². The molecule has 38 valence electrons. The van der Waals surface area contributed by atoms with E-state index in [2.05, 4.69) is 0 Å². The number of rotatable bonds is 0. The molecular weight excluding hydrogens is 82.0 g/mol. The first kappa shape index (κ1) is 9.04. The Morgan fingerprint density at radius 1 is 1.50 bits per heavy atom. The van der Waals surface area contributed by atoms with E-state index >= 15 is 0 Å². The normalized spacial score (nSPS) is 5.17. The quantitative estimate of drug-likeness (QED) is 0.328. The first-order valence-corrected chi connectivity index (χ1v) is 1.81. The highest BCUT2D eigenvalue weighted by atomic mass is 16.6. The molecule has 0 heterocycles. The molecule has 3 heteroatoms. The zero-order chi connectivity index (χ0) is 5.58. The fraction of sp³-hybridized carbons (Fsp3) is 1.00. The molecule has 0 amide bonds. The van der Waals surface area contributed by atoms with Gasteiger partial charge in [0.1, 0.15) is 0 Å². The minimum atomic E-state index is -0.500. The van der Waals surface area contributed by atoms with Crippen LogP contribution in [0.2, 0.25) is 0 Å². The molecule has 0 aliphatic rings. The summed E-state index contributed by atoms with van der Waals surface area (Å²) in [7, 11) is 0.889. The molecule has 0 spiro atoms. The Balaban J connectivity index is 0. The van der Waals surface area contributed by atoms with Crippen LogP contribution in [0.1, 0.15) is 13.8 Å². The largest absolute Gasteiger partial charge is 0.265 e. The van der Waals surface area contributed by atoms with Crippen molar-refractivity contribution in [3.8, 4) is 0 Å². The van der Waals surface area contributed by atoms with Crippen LogP contribution in [0.5, 0.6) is 0 Å². The molecule has 6 heavy (non-hydrogen) atoms. The van der Waals surface area contributed by atoms with Crippen LogP contribution in [0.15, 0.2) is 0 Å². The summed E-state index contributed by atoms with van der Waals surface area (Å²) in [6.45, 7) is 4.00. The van der Waals surface area contributed by atoms with Gasteiger partial charge in [-0.2, -0.15) is 0 Å². The van der Waals surface area contributed by atoms with Gasteiger partial charge >= 0.3 is 0 Å². The van der Waals surface area contributed by atoms with Crippen LogP contribution in [0.25, 0.3) is 0 Å². The third-order valence-corrected chi connectivity index (χ3v) is 0. The van der Waals surface area contributed by atoms with E-state index in [9.17, 15) is 0 Å². The molecule has 0 saturated heterocycles. The topological polar surface area (TPSA) is 43.1 Å². The van der Waals surface area contributed by atoms with Gasteiger partial charge in [-0.1, -0.05) is 13.8 Å². The smallest absolute Gasteiger partial charge is 0.194 e. The van der Waals surface area contributed by atoms with E-state index in [1.165, 1.54) is 0 Å². The van der Waals surface area contributed by atoms with Crippen LogP contribution in [-0.2, 0) is 0 Å². The minimum absolute atomic E-state index is 0.500. The fourth-order valence-corrected chi connectivity index (χ4v) is 0. The van der Waals surface area contributed by atoms with Crippen LogP contribution in [0.4, 0.5) is 0 Å². The maximum Gasteiger partial charge on any atom is 0.194 e. The number of nitro groups is 1. The average molecular weight is 91.1 g/mol. The molecule has 0 aromatic rings. The molecule has 0 radical (unpaired) electrons. The molecule has 0 aliphatic heterocycles. The van der Waals surface area contributed by atoms with Crippen LogP contribution in [-0.4, -0.2) is 12.0 Å². The summed E-state index contributed by atoms with van der Waals surface area (Å²) < 4.78 is 0. The minimum Gasteiger partial charge on any atom is -0.265 e. The lowest BCUT2D eigenvalue weighted by molar-refractivity contribution is -0.445. The number of hydrogen-bond donors (Lipinski definition) is 0. The average Bonchev–Trinajstić information content (AvgIpc) is 1.41. The monoisotopic (exact) mass is 91.1 g/mol. The molecule has 0 aromatic heterocycles. The molecule has 0 N–H and O–H groups in total. The van der Waals surface area contributed by atoms with Gasteiger partial charge in [0.05, 0.1) is 0 Å². The van der Waals surface area contributed by atoms with Crippen molar-refractivity contribution in [3.05, 3.63) is 10.1 Å². The predicted octanol–water partition coefficient (Wildman–Crippen LogP) is 0.919. The van der Waals surface area contributed by atoms with Crippen LogP contribution < -0.4 is 0 Å². The summed E-state index contributed by atoms with van der Waals surface area (Å²) in [5.74, 6) is 0. The van der Waals surface area contributed by atoms with Crippen molar-refractivity contribution in [2.75, 3.05) is 7.05 Å². The van der Waals surface area contributed by atoms with Crippen LogP contribution in [0, 0.1) is 10.1 Å². The molecule has 0 bridgehead atoms. The van der Waals surface area contributed by atoms with Gasteiger partial charge in [-0.25, -0.2) is 0 Å². The van der Waals surface area contributed by atoms with Crippen LogP contribution in [0.3, 0.4) is 0 Å². The van der Waals surface area contributed by atoms with E-state index in [0.29, 0.717) is 0 Å². The summed E-state index contributed by atoms with van der Waals surface area (Å²) in [6, 6.07) is 0. The molecular formula is C3H9NO2. The molecule has 0 rings (SSSR count). The maximum absolute atomic E-state index is 8.81. The standard InChI is InChI=1S/C2H6.CH3NO2/c1-2;1-2(3)4/h1-2H3;1H3. The van der Waals surface area contributed by atoms with E-state index in [1.54, 1.807) is 0 Å². The Kier molecular flexibility index (Phi) is 13.3. The summed E-state index contributed by atoms with van der Waals surface area (Å²) in [5, 5.41) is 8.81. The molecule has 0 aromatic carbocycles.